The first-order valence-electron chi connectivity index (χ1n) is 4.33. The van der Waals surface area contributed by atoms with Crippen molar-refractivity contribution in [1.29, 1.82) is 0 Å². The van der Waals surface area contributed by atoms with Crippen molar-refractivity contribution < 1.29 is 4.79 Å². The molecule has 0 spiro atoms. The van der Waals surface area contributed by atoms with E-state index in [2.05, 4.69) is 0 Å². The molecule has 0 aromatic heterocycles. The smallest absolute Gasteiger partial charge is 0.319 e. The third-order valence-corrected chi connectivity index (χ3v) is 2.91. The van der Waals surface area contributed by atoms with E-state index in [0.717, 1.165) is 13.1 Å². The number of carbonyl (C=O) groups excluding carboxylic acids is 1. The lowest BCUT2D eigenvalue weighted by atomic mass is 10.4. The summed E-state index contributed by atoms with van der Waals surface area (Å²) in [5.41, 5.74) is 5.76. The van der Waals surface area contributed by atoms with Gasteiger partial charge in [0.15, 0.2) is 0 Å². The number of likely N-dealkylation sites (tertiary alicyclic amines) is 1. The van der Waals surface area contributed by atoms with Crippen LogP contribution >= 0.6 is 0 Å². The highest BCUT2D eigenvalue weighted by Gasteiger charge is 2.54. The molecule has 3 atom stereocenters. The molecule has 2 rings (SSSR count). The molecule has 0 bridgehead atoms. The minimum atomic E-state index is 0.120. The van der Waals surface area contributed by atoms with Gasteiger partial charge in [-0.3, -0.25) is 0 Å². The molecule has 0 radical (unpaired) electrons. The number of amides is 2. The summed E-state index contributed by atoms with van der Waals surface area (Å²) in [6.07, 6.45) is 0. The van der Waals surface area contributed by atoms with Crippen molar-refractivity contribution in [2.75, 3.05) is 27.2 Å². The molecule has 2 aliphatic rings. The molecule has 2 amide bonds. The number of hydrogen-bond acceptors (Lipinski definition) is 2. The predicted octanol–water partition coefficient (Wildman–Crippen LogP) is -0.443. The Hall–Kier alpha value is -0.770. The van der Waals surface area contributed by atoms with Gasteiger partial charge in [0, 0.05) is 33.2 Å². The summed E-state index contributed by atoms with van der Waals surface area (Å²) >= 11 is 0. The average Bonchev–Trinajstić information content (AvgIpc) is 2.53. The van der Waals surface area contributed by atoms with Crippen LogP contribution in [0.3, 0.4) is 0 Å². The largest absolute Gasteiger partial charge is 0.331 e. The van der Waals surface area contributed by atoms with Crippen LogP contribution in [0.2, 0.25) is 0 Å². The molecule has 0 aromatic rings. The maximum atomic E-state index is 11.4. The van der Waals surface area contributed by atoms with Crippen LogP contribution in [0.25, 0.3) is 0 Å². The fourth-order valence-electron chi connectivity index (χ4n) is 2.01. The normalized spacial score (nSPS) is 37.9. The summed E-state index contributed by atoms with van der Waals surface area (Å²) in [4.78, 5) is 14.9. The second-order valence-corrected chi connectivity index (χ2v) is 3.99. The quantitative estimate of drug-likeness (QED) is 0.534. The highest BCUT2D eigenvalue weighted by atomic mass is 16.2. The second-order valence-electron chi connectivity index (χ2n) is 3.99. The number of rotatable bonds is 0. The summed E-state index contributed by atoms with van der Waals surface area (Å²) in [6, 6.07) is 0.491. The van der Waals surface area contributed by atoms with Crippen LogP contribution in [0.15, 0.2) is 0 Å². The summed E-state index contributed by atoms with van der Waals surface area (Å²) in [5.74, 6) is 1.18. The monoisotopic (exact) mass is 169 g/mol. The van der Waals surface area contributed by atoms with Gasteiger partial charge in [-0.25, -0.2) is 4.79 Å². The fraction of sp³-hybridized carbons (Fsp3) is 0.875. The number of hydrogen-bond donors (Lipinski definition) is 1. The van der Waals surface area contributed by atoms with Crippen molar-refractivity contribution in [1.82, 2.24) is 9.80 Å². The van der Waals surface area contributed by atoms with Gasteiger partial charge in [-0.1, -0.05) is 0 Å². The summed E-state index contributed by atoms with van der Waals surface area (Å²) < 4.78 is 0. The van der Waals surface area contributed by atoms with Gasteiger partial charge < -0.3 is 15.5 Å². The van der Waals surface area contributed by atoms with E-state index in [-0.39, 0.29) is 6.03 Å². The van der Waals surface area contributed by atoms with Gasteiger partial charge in [-0.15, -0.1) is 0 Å². The molecular formula is C8H15N3O. The number of fused-ring (bicyclic) bond motifs is 1. The fourth-order valence-corrected chi connectivity index (χ4v) is 2.01. The summed E-state index contributed by atoms with van der Waals surface area (Å²) in [7, 11) is 3.57. The zero-order chi connectivity index (χ0) is 8.88. The van der Waals surface area contributed by atoms with Crippen molar-refractivity contribution in [3.63, 3.8) is 0 Å². The Morgan fingerprint density at radius 2 is 1.92 bits per heavy atom. The van der Waals surface area contributed by atoms with Crippen LogP contribution in [0.5, 0.6) is 0 Å². The summed E-state index contributed by atoms with van der Waals surface area (Å²) in [6.45, 7) is 1.73. The molecule has 12 heavy (non-hydrogen) atoms. The zero-order valence-corrected chi connectivity index (χ0v) is 7.53. The zero-order valence-electron chi connectivity index (χ0n) is 7.53. The maximum Gasteiger partial charge on any atom is 0.319 e. The Kier molecular flexibility index (Phi) is 1.54. The van der Waals surface area contributed by atoms with E-state index in [1.807, 2.05) is 4.90 Å². The molecule has 4 nitrogen and oxygen atoms in total. The molecule has 1 unspecified atom stereocenters. The Labute approximate surface area is 72.3 Å². The number of nitrogens with two attached hydrogens (primary N) is 1. The number of carbonyl (C=O) groups is 1. The minimum absolute atomic E-state index is 0.120. The first kappa shape index (κ1) is 7.86. The van der Waals surface area contributed by atoms with Gasteiger partial charge in [0.1, 0.15) is 0 Å². The van der Waals surface area contributed by atoms with E-state index in [1.165, 1.54) is 0 Å². The van der Waals surface area contributed by atoms with Crippen LogP contribution in [0.1, 0.15) is 0 Å². The molecule has 1 aliphatic heterocycles. The third kappa shape index (κ3) is 0.982. The molecule has 2 N–H and O–H groups in total. The van der Waals surface area contributed by atoms with Crippen LogP contribution < -0.4 is 5.73 Å². The van der Waals surface area contributed by atoms with Crippen molar-refractivity contribution in [2.45, 2.75) is 6.04 Å². The van der Waals surface area contributed by atoms with Crippen molar-refractivity contribution in [2.24, 2.45) is 17.6 Å². The first-order chi connectivity index (χ1) is 5.61. The lowest BCUT2D eigenvalue weighted by molar-refractivity contribution is 0.176. The molecule has 4 heteroatoms. The molecule has 0 aromatic carbocycles. The van der Waals surface area contributed by atoms with E-state index >= 15 is 0 Å². The van der Waals surface area contributed by atoms with Crippen molar-refractivity contribution >= 4 is 6.03 Å². The van der Waals surface area contributed by atoms with Gasteiger partial charge in [-0.05, 0) is 11.8 Å². The molecular weight excluding hydrogens is 154 g/mol. The first-order valence-corrected chi connectivity index (χ1v) is 4.33. The van der Waals surface area contributed by atoms with Gasteiger partial charge in [-0.2, -0.15) is 0 Å². The van der Waals surface area contributed by atoms with Crippen LogP contribution in [0, 0.1) is 11.8 Å². The minimum Gasteiger partial charge on any atom is -0.331 e. The molecule has 68 valence electrons. The standard InChI is InChI=1S/C8H15N3O/c1-10(2)8(12)11-3-5-6(4-11)7(5)9/h5-7H,3-4,9H2,1-2H3/t5-,6+,7?. The van der Waals surface area contributed by atoms with Gasteiger partial charge in [0.2, 0.25) is 0 Å². The van der Waals surface area contributed by atoms with Gasteiger partial charge >= 0.3 is 6.03 Å². The van der Waals surface area contributed by atoms with Crippen molar-refractivity contribution in [3.05, 3.63) is 0 Å². The van der Waals surface area contributed by atoms with E-state index in [9.17, 15) is 4.79 Å². The average molecular weight is 169 g/mol. The summed E-state index contributed by atoms with van der Waals surface area (Å²) in [5, 5.41) is 0. The second kappa shape index (κ2) is 2.36. The molecule has 1 heterocycles. The van der Waals surface area contributed by atoms with Gasteiger partial charge in [0.05, 0.1) is 0 Å². The van der Waals surface area contributed by atoms with Crippen LogP contribution in [0.4, 0.5) is 4.79 Å². The third-order valence-electron chi connectivity index (χ3n) is 2.91. The lowest BCUT2D eigenvalue weighted by Gasteiger charge is -2.23. The SMILES string of the molecule is CN(C)C(=O)N1C[C@@H]2C(N)[C@@H]2C1. The Bertz CT molecular complexity index is 204. The van der Waals surface area contributed by atoms with Crippen LogP contribution in [-0.4, -0.2) is 49.1 Å². The lowest BCUT2D eigenvalue weighted by Crippen LogP contribution is -2.40. The van der Waals surface area contributed by atoms with E-state index in [4.69, 9.17) is 5.73 Å². The molecule has 1 saturated heterocycles. The predicted molar refractivity (Wildman–Crippen MR) is 45.6 cm³/mol. The Morgan fingerprint density at radius 1 is 1.42 bits per heavy atom. The Morgan fingerprint density at radius 3 is 2.33 bits per heavy atom. The molecule has 2 fully saturated rings. The highest BCUT2D eigenvalue weighted by Crippen LogP contribution is 2.43. The molecule has 1 aliphatic carbocycles. The molecule has 1 saturated carbocycles. The number of nitrogens with zero attached hydrogens (tertiary/aromatic N) is 2. The topological polar surface area (TPSA) is 49.6 Å². The van der Waals surface area contributed by atoms with Crippen LogP contribution in [-0.2, 0) is 0 Å². The maximum absolute atomic E-state index is 11.4. The number of urea groups is 1. The van der Waals surface area contributed by atoms with Crippen molar-refractivity contribution in [3.8, 4) is 0 Å². The van der Waals surface area contributed by atoms with Gasteiger partial charge in [0.25, 0.3) is 0 Å². The van der Waals surface area contributed by atoms with E-state index in [0.29, 0.717) is 17.9 Å². The number of piperidine rings is 1. The van der Waals surface area contributed by atoms with E-state index in [1.54, 1.807) is 19.0 Å². The van der Waals surface area contributed by atoms with E-state index < -0.39 is 0 Å². The Balaban J connectivity index is 1.90. The highest BCUT2D eigenvalue weighted by molar-refractivity contribution is 5.74.